The van der Waals surface area contributed by atoms with Gasteiger partial charge >= 0.3 is 19.8 Å². The molecule has 3 N–H and O–H groups in total. The van der Waals surface area contributed by atoms with E-state index in [4.69, 9.17) is 19.1 Å². The van der Waals surface area contributed by atoms with Crippen molar-refractivity contribution in [1.29, 1.82) is 0 Å². The maximum atomic E-state index is 12.6. The van der Waals surface area contributed by atoms with Crippen LogP contribution in [0.1, 0.15) is 181 Å². The van der Waals surface area contributed by atoms with Crippen LogP contribution in [-0.4, -0.2) is 65.7 Å². The van der Waals surface area contributed by atoms with Crippen molar-refractivity contribution in [1.82, 2.24) is 0 Å². The van der Waals surface area contributed by atoms with Crippen LogP contribution >= 0.6 is 7.82 Å². The lowest BCUT2D eigenvalue weighted by Crippen LogP contribution is -2.29. The zero-order valence-electron chi connectivity index (χ0n) is 34.6. The predicted octanol–water partition coefficient (Wildman–Crippen LogP) is 11.3. The Hall–Kier alpha value is -2.07. The van der Waals surface area contributed by atoms with E-state index < -0.39 is 51.8 Å². The smallest absolute Gasteiger partial charge is 0.462 e. The summed E-state index contributed by atoms with van der Waals surface area (Å²) in [6.45, 7) is 2.31. The van der Waals surface area contributed by atoms with E-state index in [1.165, 1.54) is 83.5 Å². The number of ether oxygens (including phenoxy) is 2. The Labute approximate surface area is 334 Å². The fourth-order valence-electron chi connectivity index (χ4n) is 5.62. The summed E-state index contributed by atoms with van der Waals surface area (Å²) in [5.74, 6) is -0.960. The Morgan fingerprint density at radius 2 is 0.945 bits per heavy atom. The van der Waals surface area contributed by atoms with Gasteiger partial charge < -0.3 is 24.6 Å². The molecule has 0 aliphatic rings. The van der Waals surface area contributed by atoms with Crippen molar-refractivity contribution >= 4 is 19.8 Å². The molecule has 320 valence electrons. The monoisotopic (exact) mass is 799 g/mol. The van der Waals surface area contributed by atoms with E-state index in [0.29, 0.717) is 12.8 Å². The number of unbranched alkanes of at least 4 members (excludes halogenated alkanes) is 18. The van der Waals surface area contributed by atoms with Gasteiger partial charge in [-0.25, -0.2) is 4.57 Å². The fourth-order valence-corrected chi connectivity index (χ4v) is 6.41. The Morgan fingerprint density at radius 1 is 0.545 bits per heavy atom. The van der Waals surface area contributed by atoms with Crippen LogP contribution in [0.4, 0.5) is 0 Å². The molecule has 0 bridgehead atoms. The largest absolute Gasteiger partial charge is 0.472 e. The van der Waals surface area contributed by atoms with E-state index in [-0.39, 0.29) is 19.4 Å². The molecule has 3 unspecified atom stereocenters. The Bertz CT molecular complexity index is 1060. The highest BCUT2D eigenvalue weighted by atomic mass is 31.2. The van der Waals surface area contributed by atoms with Crippen LogP contribution in [0.25, 0.3) is 0 Å². The highest BCUT2D eigenvalue weighted by Crippen LogP contribution is 2.43. The molecule has 0 aromatic heterocycles. The first-order valence-corrected chi connectivity index (χ1v) is 23.1. The lowest BCUT2D eigenvalue weighted by Gasteiger charge is -2.20. The number of hydrogen-bond acceptors (Lipinski definition) is 9. The third-order valence-corrected chi connectivity index (χ3v) is 9.94. The standard InChI is InChI=1S/C44H79O10P/c1-3-5-7-9-11-13-15-17-18-19-20-21-22-24-25-27-29-31-33-35-43(47)51-39-42(40-53-55(49,50)52-38-41(46)37-45)54-44(48)36-34-32-30-28-26-23-16-14-12-10-8-6-4-2/h11,13,17-18,20-21,24-25,41-42,45-46H,3-10,12,14-16,19,22-23,26-40H2,1-2H3,(H,49,50). The number of carbonyl (C=O) groups excluding carboxylic acids is 2. The number of aliphatic hydroxyl groups is 2. The zero-order valence-corrected chi connectivity index (χ0v) is 35.5. The van der Waals surface area contributed by atoms with Crippen LogP contribution in [0.3, 0.4) is 0 Å². The minimum atomic E-state index is -4.62. The second kappa shape index (κ2) is 40.1. The molecule has 11 heteroatoms. The Morgan fingerprint density at radius 3 is 1.45 bits per heavy atom. The lowest BCUT2D eigenvalue weighted by atomic mass is 10.0. The van der Waals surface area contributed by atoms with Gasteiger partial charge in [-0.3, -0.25) is 18.6 Å². The van der Waals surface area contributed by atoms with Crippen molar-refractivity contribution in [3.05, 3.63) is 48.6 Å². The van der Waals surface area contributed by atoms with Gasteiger partial charge in [0.25, 0.3) is 0 Å². The first kappa shape index (κ1) is 52.9. The summed E-state index contributed by atoms with van der Waals surface area (Å²) in [5, 5.41) is 18.3. The zero-order chi connectivity index (χ0) is 40.5. The van der Waals surface area contributed by atoms with Gasteiger partial charge in [0.1, 0.15) is 12.7 Å². The van der Waals surface area contributed by atoms with Crippen LogP contribution < -0.4 is 0 Å². The molecule has 0 amide bonds. The third-order valence-electron chi connectivity index (χ3n) is 8.99. The minimum absolute atomic E-state index is 0.178. The highest BCUT2D eigenvalue weighted by molar-refractivity contribution is 7.47. The maximum absolute atomic E-state index is 12.6. The summed E-state index contributed by atoms with van der Waals surface area (Å²) in [5.41, 5.74) is 0. The van der Waals surface area contributed by atoms with E-state index in [2.05, 4.69) is 67.0 Å². The summed E-state index contributed by atoms with van der Waals surface area (Å²) < 4.78 is 32.7. The van der Waals surface area contributed by atoms with Crippen LogP contribution in [-0.2, 0) is 32.7 Å². The van der Waals surface area contributed by atoms with Crippen LogP contribution in [0.15, 0.2) is 48.6 Å². The number of carbonyl (C=O) groups is 2. The molecular weight excluding hydrogens is 719 g/mol. The molecule has 0 heterocycles. The second-order valence-electron chi connectivity index (χ2n) is 14.4. The second-order valence-corrected chi connectivity index (χ2v) is 15.8. The van der Waals surface area contributed by atoms with Crippen molar-refractivity contribution in [3.8, 4) is 0 Å². The number of rotatable bonds is 40. The molecule has 0 aromatic carbocycles. The molecule has 3 atom stereocenters. The van der Waals surface area contributed by atoms with Crippen LogP contribution in [0.2, 0.25) is 0 Å². The van der Waals surface area contributed by atoms with Crippen molar-refractivity contribution in [2.45, 2.75) is 193 Å². The normalized spacial score (nSPS) is 14.3. The highest BCUT2D eigenvalue weighted by Gasteiger charge is 2.27. The van der Waals surface area contributed by atoms with Gasteiger partial charge in [-0.15, -0.1) is 0 Å². The van der Waals surface area contributed by atoms with E-state index in [0.717, 1.165) is 57.8 Å². The molecule has 0 spiro atoms. The Kier molecular flexibility index (Phi) is 38.6. The van der Waals surface area contributed by atoms with Gasteiger partial charge in [-0.2, -0.15) is 0 Å². The molecule has 0 fully saturated rings. The number of phosphoric acid groups is 1. The van der Waals surface area contributed by atoms with Crippen molar-refractivity contribution in [2.75, 3.05) is 26.4 Å². The average molecular weight is 799 g/mol. The molecule has 0 aliphatic heterocycles. The first-order valence-electron chi connectivity index (χ1n) is 21.6. The number of hydrogen-bond donors (Lipinski definition) is 3. The van der Waals surface area contributed by atoms with Gasteiger partial charge in [0.15, 0.2) is 6.10 Å². The summed E-state index contributed by atoms with van der Waals surface area (Å²) >= 11 is 0. The number of phosphoric ester groups is 1. The topological polar surface area (TPSA) is 149 Å². The molecule has 0 radical (unpaired) electrons. The third kappa shape index (κ3) is 39.9. The lowest BCUT2D eigenvalue weighted by molar-refractivity contribution is -0.161. The van der Waals surface area contributed by atoms with Gasteiger partial charge in [0.2, 0.25) is 0 Å². The van der Waals surface area contributed by atoms with E-state index in [1.807, 2.05) is 0 Å². The maximum Gasteiger partial charge on any atom is 0.472 e. The molecule has 55 heavy (non-hydrogen) atoms. The molecule has 0 aliphatic carbocycles. The molecule has 0 rings (SSSR count). The van der Waals surface area contributed by atoms with Gasteiger partial charge in [-0.1, -0.05) is 159 Å². The number of allylic oxidation sites excluding steroid dienone is 8. The van der Waals surface area contributed by atoms with Gasteiger partial charge in [-0.05, 0) is 57.8 Å². The molecule has 10 nitrogen and oxygen atoms in total. The van der Waals surface area contributed by atoms with Crippen molar-refractivity contribution in [2.24, 2.45) is 0 Å². The average Bonchev–Trinajstić information content (AvgIpc) is 3.17. The molecule has 0 saturated carbocycles. The first-order chi connectivity index (χ1) is 26.7. The predicted molar refractivity (Wildman–Crippen MR) is 224 cm³/mol. The van der Waals surface area contributed by atoms with Crippen molar-refractivity contribution in [3.63, 3.8) is 0 Å². The fraction of sp³-hybridized carbons (Fsp3) is 0.773. The van der Waals surface area contributed by atoms with Crippen LogP contribution in [0.5, 0.6) is 0 Å². The van der Waals surface area contributed by atoms with E-state index >= 15 is 0 Å². The minimum Gasteiger partial charge on any atom is -0.462 e. The summed E-state index contributed by atoms with van der Waals surface area (Å²) in [6.07, 6.45) is 42.2. The Balaban J connectivity index is 4.35. The molecule has 0 saturated heterocycles. The van der Waals surface area contributed by atoms with Crippen molar-refractivity contribution < 1.29 is 47.8 Å². The summed E-state index contributed by atoms with van der Waals surface area (Å²) in [6, 6.07) is 0. The number of esters is 2. The summed E-state index contributed by atoms with van der Waals surface area (Å²) in [7, 11) is -4.62. The van der Waals surface area contributed by atoms with Gasteiger partial charge in [0, 0.05) is 12.8 Å². The molecule has 0 aromatic rings. The van der Waals surface area contributed by atoms with E-state index in [1.54, 1.807) is 0 Å². The SMILES string of the molecule is CCCCCC=CCC=CCC=CCC=CCCCCCC(=O)OCC(COP(=O)(O)OCC(O)CO)OC(=O)CCCCCCCCCCCCCCC. The summed E-state index contributed by atoms with van der Waals surface area (Å²) in [4.78, 5) is 34.9. The van der Waals surface area contributed by atoms with Gasteiger partial charge in [0.05, 0.1) is 19.8 Å². The number of aliphatic hydroxyl groups excluding tert-OH is 2. The van der Waals surface area contributed by atoms with Crippen LogP contribution in [0, 0.1) is 0 Å². The van der Waals surface area contributed by atoms with E-state index in [9.17, 15) is 24.2 Å². The quantitative estimate of drug-likeness (QED) is 0.0237. The molecular formula is C44H79O10P.